The van der Waals surface area contributed by atoms with E-state index in [1.54, 1.807) is 19.9 Å². The van der Waals surface area contributed by atoms with Crippen LogP contribution in [-0.2, 0) is 33.4 Å². The topological polar surface area (TPSA) is 169 Å². The Hall–Kier alpha value is -4.09. The van der Waals surface area contributed by atoms with Gasteiger partial charge < -0.3 is 35.3 Å². The van der Waals surface area contributed by atoms with Crippen molar-refractivity contribution in [3.63, 3.8) is 0 Å². The first-order valence-corrected chi connectivity index (χ1v) is 11.4. The van der Waals surface area contributed by atoms with Crippen molar-refractivity contribution in [3.8, 4) is 11.5 Å². The number of benzene rings is 1. The van der Waals surface area contributed by atoms with Gasteiger partial charge in [0, 0.05) is 12.5 Å². The van der Waals surface area contributed by atoms with Crippen molar-refractivity contribution in [2.75, 3.05) is 26.9 Å². The summed E-state index contributed by atoms with van der Waals surface area (Å²) in [6.45, 7) is 4.54. The minimum Gasteiger partial charge on any atom is -0.504 e. The predicted octanol–water partition coefficient (Wildman–Crippen LogP) is 0.426. The summed E-state index contributed by atoms with van der Waals surface area (Å²) in [5.41, 5.74) is 0.591. The van der Waals surface area contributed by atoms with Gasteiger partial charge in [0.05, 0.1) is 26.9 Å². The highest BCUT2D eigenvalue weighted by Gasteiger charge is 2.26. The summed E-state index contributed by atoms with van der Waals surface area (Å²) in [6, 6.07) is 2.39. The number of esters is 2. The molecule has 0 heterocycles. The van der Waals surface area contributed by atoms with Crippen LogP contribution in [0.1, 0.15) is 39.2 Å². The highest BCUT2D eigenvalue weighted by Crippen LogP contribution is 2.26. The molecule has 4 N–H and O–H groups in total. The van der Waals surface area contributed by atoms with Gasteiger partial charge in [-0.3, -0.25) is 19.2 Å². The quantitative estimate of drug-likeness (QED) is 0.206. The van der Waals surface area contributed by atoms with E-state index in [9.17, 15) is 29.1 Å². The molecule has 0 saturated heterocycles. The summed E-state index contributed by atoms with van der Waals surface area (Å²) in [5.74, 6) is -2.88. The summed E-state index contributed by atoms with van der Waals surface area (Å²) in [6.07, 6.45) is 2.54. The maximum Gasteiger partial charge on any atom is 0.328 e. The summed E-state index contributed by atoms with van der Waals surface area (Å²) in [5, 5.41) is 16.8. The lowest BCUT2D eigenvalue weighted by Gasteiger charge is -2.20. The fraction of sp³-hybridized carbons (Fsp3) is 0.458. The van der Waals surface area contributed by atoms with E-state index in [0.717, 1.165) is 0 Å². The number of phenolic OH excluding ortho intramolecular Hbond substituents is 1. The molecule has 1 rings (SSSR count). The van der Waals surface area contributed by atoms with E-state index in [2.05, 4.69) is 16.0 Å². The maximum atomic E-state index is 12.5. The van der Waals surface area contributed by atoms with Gasteiger partial charge in [-0.15, -0.1) is 0 Å². The maximum absolute atomic E-state index is 12.5. The molecule has 0 bridgehead atoms. The van der Waals surface area contributed by atoms with Crippen LogP contribution in [-0.4, -0.2) is 73.7 Å². The number of aromatic hydroxyl groups is 1. The average molecular weight is 508 g/mol. The first kappa shape index (κ1) is 29.9. The standard InChI is InChI=1S/C24H33N3O9/c1-5-35-22(31)12-9-17(24(33)36-6-2)27-23(32)15(3)26-21(30)14-25-20(29)11-8-16-7-10-18(28)19(13-16)34-4/h7-8,10-11,13,15,17,28H,5-6,9,12,14H2,1-4H3,(H,25,29)(H,26,30)(H,27,32)/b11-8+/t15-,17+/m0/s1. The average Bonchev–Trinajstić information content (AvgIpc) is 2.84. The molecule has 0 aliphatic rings. The molecule has 0 saturated carbocycles. The molecule has 0 unspecified atom stereocenters. The van der Waals surface area contributed by atoms with Crippen LogP contribution in [0.2, 0.25) is 0 Å². The number of carbonyl (C=O) groups excluding carboxylic acids is 5. The predicted molar refractivity (Wildman–Crippen MR) is 129 cm³/mol. The molecule has 198 valence electrons. The zero-order valence-electron chi connectivity index (χ0n) is 20.8. The number of phenols is 1. The lowest BCUT2D eigenvalue weighted by Crippen LogP contribution is -2.52. The normalized spacial score (nSPS) is 12.2. The minimum atomic E-state index is -1.09. The molecule has 1 aromatic rings. The second-order valence-electron chi connectivity index (χ2n) is 7.43. The van der Waals surface area contributed by atoms with E-state index in [1.165, 1.54) is 38.3 Å². The van der Waals surface area contributed by atoms with Crippen LogP contribution in [0.4, 0.5) is 0 Å². The molecular weight excluding hydrogens is 474 g/mol. The lowest BCUT2D eigenvalue weighted by molar-refractivity contribution is -0.149. The third-order valence-electron chi connectivity index (χ3n) is 4.65. The van der Waals surface area contributed by atoms with Crippen LogP contribution in [0, 0.1) is 0 Å². The molecular formula is C24H33N3O9. The van der Waals surface area contributed by atoms with E-state index >= 15 is 0 Å². The highest BCUT2D eigenvalue weighted by molar-refractivity contribution is 5.95. The Bertz CT molecular complexity index is 962. The SMILES string of the molecule is CCOC(=O)CC[C@@H](NC(=O)[C@H](C)NC(=O)CNC(=O)/C=C/c1ccc(O)c(OC)c1)C(=O)OCC. The molecule has 12 nitrogen and oxygen atoms in total. The lowest BCUT2D eigenvalue weighted by atomic mass is 10.1. The van der Waals surface area contributed by atoms with Crippen LogP contribution in [0.5, 0.6) is 11.5 Å². The highest BCUT2D eigenvalue weighted by atomic mass is 16.5. The largest absolute Gasteiger partial charge is 0.504 e. The van der Waals surface area contributed by atoms with Crippen LogP contribution >= 0.6 is 0 Å². The Morgan fingerprint density at radius 1 is 1.06 bits per heavy atom. The number of carbonyl (C=O) groups is 5. The Balaban J connectivity index is 2.56. The van der Waals surface area contributed by atoms with E-state index in [-0.39, 0.29) is 37.6 Å². The van der Waals surface area contributed by atoms with Crippen LogP contribution in [0.25, 0.3) is 6.08 Å². The monoisotopic (exact) mass is 507 g/mol. The third kappa shape index (κ3) is 10.9. The first-order chi connectivity index (χ1) is 17.1. The minimum absolute atomic E-state index is 0.0284. The van der Waals surface area contributed by atoms with Gasteiger partial charge in [-0.1, -0.05) is 6.07 Å². The van der Waals surface area contributed by atoms with Gasteiger partial charge >= 0.3 is 11.9 Å². The Morgan fingerprint density at radius 3 is 2.39 bits per heavy atom. The number of rotatable bonds is 14. The molecule has 0 aromatic heterocycles. The third-order valence-corrected chi connectivity index (χ3v) is 4.65. The van der Waals surface area contributed by atoms with Gasteiger partial charge in [-0.2, -0.15) is 0 Å². The van der Waals surface area contributed by atoms with Crippen molar-refractivity contribution < 1.29 is 43.3 Å². The molecule has 0 fully saturated rings. The van der Waals surface area contributed by atoms with E-state index in [1.807, 2.05) is 0 Å². The summed E-state index contributed by atoms with van der Waals surface area (Å²) in [7, 11) is 1.40. The number of hydrogen-bond acceptors (Lipinski definition) is 9. The summed E-state index contributed by atoms with van der Waals surface area (Å²) >= 11 is 0. The molecule has 36 heavy (non-hydrogen) atoms. The number of ether oxygens (including phenoxy) is 3. The zero-order valence-corrected chi connectivity index (χ0v) is 20.8. The van der Waals surface area contributed by atoms with E-state index in [0.29, 0.717) is 5.56 Å². The van der Waals surface area contributed by atoms with Gasteiger partial charge in [0.2, 0.25) is 17.7 Å². The number of hydrogen-bond donors (Lipinski definition) is 4. The molecule has 0 radical (unpaired) electrons. The second kappa shape index (κ2) is 15.7. The van der Waals surface area contributed by atoms with E-state index < -0.39 is 48.3 Å². The van der Waals surface area contributed by atoms with Crippen LogP contribution < -0.4 is 20.7 Å². The number of methoxy groups -OCH3 is 1. The van der Waals surface area contributed by atoms with Crippen molar-refractivity contribution >= 4 is 35.7 Å². The van der Waals surface area contributed by atoms with Gasteiger partial charge in [0.1, 0.15) is 12.1 Å². The Kier molecular flexibility index (Phi) is 13.1. The van der Waals surface area contributed by atoms with Gasteiger partial charge in [0.15, 0.2) is 11.5 Å². The molecule has 2 atom stereocenters. The van der Waals surface area contributed by atoms with Gasteiger partial charge in [0.25, 0.3) is 0 Å². The molecule has 3 amide bonds. The first-order valence-electron chi connectivity index (χ1n) is 11.4. The molecule has 12 heteroatoms. The van der Waals surface area contributed by atoms with Crippen molar-refractivity contribution in [1.29, 1.82) is 0 Å². The fourth-order valence-electron chi connectivity index (χ4n) is 2.84. The van der Waals surface area contributed by atoms with Crippen molar-refractivity contribution in [3.05, 3.63) is 29.8 Å². The number of amides is 3. The zero-order chi connectivity index (χ0) is 27.1. The van der Waals surface area contributed by atoms with Crippen molar-refractivity contribution in [2.24, 2.45) is 0 Å². The van der Waals surface area contributed by atoms with Gasteiger partial charge in [-0.05, 0) is 51.0 Å². The molecule has 1 aromatic carbocycles. The number of nitrogens with one attached hydrogen (secondary N) is 3. The Morgan fingerprint density at radius 2 is 1.75 bits per heavy atom. The second-order valence-corrected chi connectivity index (χ2v) is 7.43. The van der Waals surface area contributed by atoms with Crippen LogP contribution in [0.3, 0.4) is 0 Å². The Labute approximate surface area is 209 Å². The van der Waals surface area contributed by atoms with Crippen molar-refractivity contribution in [2.45, 2.75) is 45.7 Å². The summed E-state index contributed by atoms with van der Waals surface area (Å²) in [4.78, 5) is 60.3. The summed E-state index contributed by atoms with van der Waals surface area (Å²) < 4.78 is 14.7. The molecule has 0 aliphatic heterocycles. The molecule has 0 spiro atoms. The van der Waals surface area contributed by atoms with Crippen molar-refractivity contribution in [1.82, 2.24) is 16.0 Å². The van der Waals surface area contributed by atoms with Gasteiger partial charge in [-0.25, -0.2) is 4.79 Å². The fourth-order valence-corrected chi connectivity index (χ4v) is 2.84. The van der Waals surface area contributed by atoms with Crippen LogP contribution in [0.15, 0.2) is 24.3 Å². The molecule has 0 aliphatic carbocycles. The smallest absolute Gasteiger partial charge is 0.328 e. The van der Waals surface area contributed by atoms with E-state index in [4.69, 9.17) is 14.2 Å².